The molecule has 0 heterocycles. The maximum Gasteiger partial charge on any atom is 0.220 e. The SMILES string of the molecule is CCCCCCCCCCCCCCCCCCSCCNC(=O)CCCCCCCCCCCCCCC. The standard InChI is InChI=1S/C36H73NOS/c1-3-5-7-9-11-13-15-17-18-19-21-23-25-27-29-31-34-39-35-33-37-36(38)32-30-28-26-24-22-20-16-14-12-10-8-6-4-2/h3-35H2,1-2H3,(H,37,38). The zero-order chi connectivity index (χ0) is 28.3. The number of carbonyl (C=O) groups is 1. The summed E-state index contributed by atoms with van der Waals surface area (Å²) >= 11 is 2.01. The van der Waals surface area contributed by atoms with Gasteiger partial charge in [0.25, 0.3) is 0 Å². The van der Waals surface area contributed by atoms with Crippen LogP contribution in [0.25, 0.3) is 0 Å². The quantitative estimate of drug-likeness (QED) is 0.0783. The lowest BCUT2D eigenvalue weighted by molar-refractivity contribution is -0.121. The molecule has 0 aromatic rings. The first-order chi connectivity index (χ1) is 19.3. The lowest BCUT2D eigenvalue weighted by Gasteiger charge is -2.06. The van der Waals surface area contributed by atoms with E-state index in [-0.39, 0.29) is 5.91 Å². The first-order valence-corrected chi connectivity index (χ1v) is 19.3. The second kappa shape index (κ2) is 35.8. The van der Waals surface area contributed by atoms with Gasteiger partial charge in [-0.05, 0) is 18.6 Å². The van der Waals surface area contributed by atoms with Gasteiger partial charge in [0.2, 0.25) is 5.91 Å². The van der Waals surface area contributed by atoms with Crippen LogP contribution in [0.5, 0.6) is 0 Å². The monoisotopic (exact) mass is 568 g/mol. The fraction of sp³-hybridized carbons (Fsp3) is 0.972. The molecule has 0 aromatic carbocycles. The molecule has 1 N–H and O–H groups in total. The summed E-state index contributed by atoms with van der Waals surface area (Å²) in [4.78, 5) is 12.0. The van der Waals surface area contributed by atoms with Crippen LogP contribution in [0, 0.1) is 0 Å². The molecule has 0 aliphatic rings. The van der Waals surface area contributed by atoms with Gasteiger partial charge in [0.15, 0.2) is 0 Å². The molecular formula is C36H73NOS. The highest BCUT2D eigenvalue weighted by molar-refractivity contribution is 7.99. The van der Waals surface area contributed by atoms with E-state index in [1.54, 1.807) is 0 Å². The number of rotatable bonds is 34. The van der Waals surface area contributed by atoms with Crippen LogP contribution in [-0.4, -0.2) is 24.0 Å². The summed E-state index contributed by atoms with van der Waals surface area (Å²) in [5.74, 6) is 2.59. The fourth-order valence-corrected chi connectivity index (χ4v) is 6.37. The summed E-state index contributed by atoms with van der Waals surface area (Å²) in [5.41, 5.74) is 0. The molecule has 2 nitrogen and oxygen atoms in total. The van der Waals surface area contributed by atoms with Gasteiger partial charge in [-0.3, -0.25) is 4.79 Å². The van der Waals surface area contributed by atoms with Crippen molar-refractivity contribution in [1.82, 2.24) is 5.32 Å². The zero-order valence-corrected chi connectivity index (χ0v) is 28.0. The Bertz CT molecular complexity index is 455. The van der Waals surface area contributed by atoms with Gasteiger partial charge in [0.1, 0.15) is 0 Å². The number of hydrogen-bond donors (Lipinski definition) is 1. The lowest BCUT2D eigenvalue weighted by Crippen LogP contribution is -2.25. The summed E-state index contributed by atoms with van der Waals surface area (Å²) in [6.45, 7) is 5.43. The third-order valence-electron chi connectivity index (χ3n) is 8.22. The van der Waals surface area contributed by atoms with Gasteiger partial charge in [0, 0.05) is 18.7 Å². The first-order valence-electron chi connectivity index (χ1n) is 18.2. The highest BCUT2D eigenvalue weighted by Crippen LogP contribution is 2.15. The normalized spacial score (nSPS) is 11.3. The maximum atomic E-state index is 12.0. The molecule has 1 amide bonds. The van der Waals surface area contributed by atoms with E-state index in [2.05, 4.69) is 19.2 Å². The third-order valence-corrected chi connectivity index (χ3v) is 9.29. The summed E-state index contributed by atoms with van der Waals surface area (Å²) in [6, 6.07) is 0. The van der Waals surface area contributed by atoms with Crippen LogP contribution in [-0.2, 0) is 4.79 Å². The molecule has 0 fully saturated rings. The van der Waals surface area contributed by atoms with Crippen LogP contribution in [0.4, 0.5) is 0 Å². The predicted molar refractivity (Wildman–Crippen MR) is 180 cm³/mol. The van der Waals surface area contributed by atoms with Crippen molar-refractivity contribution < 1.29 is 4.79 Å². The van der Waals surface area contributed by atoms with E-state index < -0.39 is 0 Å². The number of nitrogens with one attached hydrogen (secondary N) is 1. The summed E-state index contributed by atoms with van der Waals surface area (Å²) in [5, 5.41) is 3.12. The van der Waals surface area contributed by atoms with Gasteiger partial charge < -0.3 is 5.32 Å². The minimum absolute atomic E-state index is 0.265. The Kier molecular flexibility index (Phi) is 35.7. The summed E-state index contributed by atoms with van der Waals surface area (Å²) < 4.78 is 0. The molecule has 0 unspecified atom stereocenters. The maximum absolute atomic E-state index is 12.0. The van der Waals surface area contributed by atoms with Crippen molar-refractivity contribution in [2.24, 2.45) is 0 Å². The second-order valence-electron chi connectivity index (χ2n) is 12.3. The summed E-state index contributed by atoms with van der Waals surface area (Å²) in [6.07, 6.45) is 41.3. The lowest BCUT2D eigenvalue weighted by atomic mass is 10.0. The van der Waals surface area contributed by atoms with Crippen LogP contribution in [0.1, 0.15) is 206 Å². The molecule has 0 saturated carbocycles. The van der Waals surface area contributed by atoms with E-state index >= 15 is 0 Å². The number of thioether (sulfide) groups is 1. The van der Waals surface area contributed by atoms with Crippen LogP contribution in [0.15, 0.2) is 0 Å². The van der Waals surface area contributed by atoms with Gasteiger partial charge in [-0.2, -0.15) is 11.8 Å². The van der Waals surface area contributed by atoms with E-state index in [9.17, 15) is 4.79 Å². The zero-order valence-electron chi connectivity index (χ0n) is 27.2. The average Bonchev–Trinajstić information content (AvgIpc) is 2.94. The van der Waals surface area contributed by atoms with Crippen LogP contribution >= 0.6 is 11.8 Å². The van der Waals surface area contributed by atoms with Crippen molar-refractivity contribution in [3.05, 3.63) is 0 Å². The van der Waals surface area contributed by atoms with Crippen molar-refractivity contribution in [2.75, 3.05) is 18.1 Å². The Morgan fingerprint density at radius 3 is 1.08 bits per heavy atom. The Morgan fingerprint density at radius 1 is 0.410 bits per heavy atom. The molecule has 0 rings (SSSR count). The van der Waals surface area contributed by atoms with Crippen LogP contribution in [0.2, 0.25) is 0 Å². The Labute approximate surface area is 251 Å². The number of unbranched alkanes of at least 4 members (excludes halogenated alkanes) is 27. The van der Waals surface area contributed by atoms with Crippen molar-refractivity contribution in [2.45, 2.75) is 206 Å². The molecule has 0 spiro atoms. The molecule has 0 bridgehead atoms. The highest BCUT2D eigenvalue weighted by Gasteiger charge is 2.01. The molecule has 234 valence electrons. The number of hydrogen-bond acceptors (Lipinski definition) is 2. The molecule has 0 aromatic heterocycles. The first kappa shape index (κ1) is 38.8. The van der Waals surface area contributed by atoms with Gasteiger partial charge >= 0.3 is 0 Å². The topological polar surface area (TPSA) is 29.1 Å². The van der Waals surface area contributed by atoms with Crippen molar-refractivity contribution >= 4 is 17.7 Å². The van der Waals surface area contributed by atoms with Crippen LogP contribution < -0.4 is 5.32 Å². The molecule has 3 heteroatoms. The smallest absolute Gasteiger partial charge is 0.220 e. The van der Waals surface area contributed by atoms with Gasteiger partial charge in [0.05, 0.1) is 0 Å². The molecule has 0 aliphatic carbocycles. The summed E-state index contributed by atoms with van der Waals surface area (Å²) in [7, 11) is 0. The molecule has 0 radical (unpaired) electrons. The molecule has 0 saturated heterocycles. The Hall–Kier alpha value is -0.180. The van der Waals surface area contributed by atoms with E-state index in [1.807, 2.05) is 11.8 Å². The molecule has 0 atom stereocenters. The number of amides is 1. The van der Waals surface area contributed by atoms with E-state index in [1.165, 1.54) is 186 Å². The minimum Gasteiger partial charge on any atom is -0.355 e. The third kappa shape index (κ3) is 35.8. The molecule has 0 aliphatic heterocycles. The largest absolute Gasteiger partial charge is 0.355 e. The minimum atomic E-state index is 0.265. The van der Waals surface area contributed by atoms with Crippen molar-refractivity contribution in [3.63, 3.8) is 0 Å². The average molecular weight is 568 g/mol. The van der Waals surface area contributed by atoms with Crippen LogP contribution in [0.3, 0.4) is 0 Å². The highest BCUT2D eigenvalue weighted by atomic mass is 32.2. The van der Waals surface area contributed by atoms with Gasteiger partial charge in [-0.25, -0.2) is 0 Å². The number of carbonyl (C=O) groups excluding carboxylic acids is 1. The fourth-order valence-electron chi connectivity index (χ4n) is 5.51. The predicted octanol–water partition coefficient (Wildman–Crippen LogP) is 12.6. The molecule has 39 heavy (non-hydrogen) atoms. The Balaban J connectivity index is 3.13. The Morgan fingerprint density at radius 2 is 0.718 bits per heavy atom. The molecular weight excluding hydrogens is 494 g/mol. The second-order valence-corrected chi connectivity index (χ2v) is 13.5. The van der Waals surface area contributed by atoms with Crippen molar-refractivity contribution in [1.29, 1.82) is 0 Å². The van der Waals surface area contributed by atoms with E-state index in [0.29, 0.717) is 0 Å². The van der Waals surface area contributed by atoms with E-state index in [0.717, 1.165) is 25.1 Å². The van der Waals surface area contributed by atoms with E-state index in [4.69, 9.17) is 0 Å². The van der Waals surface area contributed by atoms with Gasteiger partial charge in [-0.1, -0.05) is 187 Å². The van der Waals surface area contributed by atoms with Crippen molar-refractivity contribution in [3.8, 4) is 0 Å². The van der Waals surface area contributed by atoms with Gasteiger partial charge in [-0.15, -0.1) is 0 Å².